The fourth-order valence-corrected chi connectivity index (χ4v) is 2.41. The molecule has 88 valence electrons. The van der Waals surface area contributed by atoms with E-state index >= 15 is 0 Å². The molecular weight excluding hydrogens is 198 g/mol. The van der Waals surface area contributed by atoms with Crippen LogP contribution in [0, 0.1) is 0 Å². The molecule has 0 bridgehead atoms. The normalized spacial score (nSPS) is 19.6. The summed E-state index contributed by atoms with van der Waals surface area (Å²) in [6.07, 6.45) is 6.08. The maximum Gasteiger partial charge on any atom is 0.0808 e. The van der Waals surface area contributed by atoms with Crippen molar-refractivity contribution in [3.8, 4) is 0 Å². The molecule has 1 aliphatic carbocycles. The molecule has 1 aromatic rings. The maximum absolute atomic E-state index is 6.08. The minimum atomic E-state index is -0.0475. The molecule has 0 unspecified atom stereocenters. The summed E-state index contributed by atoms with van der Waals surface area (Å²) in [5, 5.41) is 0. The molecule has 1 saturated carbocycles. The first-order valence-electron chi connectivity index (χ1n) is 6.23. The van der Waals surface area contributed by atoms with Gasteiger partial charge in [0.2, 0.25) is 0 Å². The molecule has 2 heteroatoms. The van der Waals surface area contributed by atoms with Gasteiger partial charge in [-0.2, -0.15) is 0 Å². The van der Waals surface area contributed by atoms with Crippen molar-refractivity contribution in [1.29, 1.82) is 0 Å². The molecule has 0 saturated heterocycles. The van der Waals surface area contributed by atoms with Gasteiger partial charge in [0.05, 0.1) is 12.2 Å². The predicted molar refractivity (Wildman–Crippen MR) is 66.1 cm³/mol. The van der Waals surface area contributed by atoms with Crippen LogP contribution in [0.3, 0.4) is 0 Å². The lowest BCUT2D eigenvalue weighted by Gasteiger charge is -2.36. The average Bonchev–Trinajstić information content (AvgIpc) is 2.39. The fraction of sp³-hybridized carbons (Fsp3) is 0.571. The van der Waals surface area contributed by atoms with E-state index in [2.05, 4.69) is 24.3 Å². The molecule has 1 aliphatic rings. The Morgan fingerprint density at radius 2 is 1.75 bits per heavy atom. The maximum atomic E-state index is 6.08. The van der Waals surface area contributed by atoms with Gasteiger partial charge in [-0.05, 0) is 18.4 Å². The van der Waals surface area contributed by atoms with Gasteiger partial charge in [0.1, 0.15) is 0 Å². The van der Waals surface area contributed by atoms with Crippen LogP contribution in [0.5, 0.6) is 0 Å². The molecule has 0 spiro atoms. The SMILES string of the molecule is NCC1(OCc2ccccc2)CCCCC1. The van der Waals surface area contributed by atoms with Crippen LogP contribution < -0.4 is 5.73 Å². The third kappa shape index (κ3) is 2.83. The van der Waals surface area contributed by atoms with E-state index in [-0.39, 0.29) is 5.60 Å². The van der Waals surface area contributed by atoms with Crippen molar-refractivity contribution in [1.82, 2.24) is 0 Å². The number of ether oxygens (including phenoxy) is 1. The molecule has 0 amide bonds. The molecule has 2 nitrogen and oxygen atoms in total. The van der Waals surface area contributed by atoms with Gasteiger partial charge >= 0.3 is 0 Å². The lowest BCUT2D eigenvalue weighted by Crippen LogP contribution is -2.42. The van der Waals surface area contributed by atoms with Gasteiger partial charge in [0.15, 0.2) is 0 Å². The molecule has 0 radical (unpaired) electrons. The third-order valence-electron chi connectivity index (χ3n) is 3.52. The Hall–Kier alpha value is -0.860. The van der Waals surface area contributed by atoms with Gasteiger partial charge in [-0.1, -0.05) is 49.6 Å². The van der Waals surface area contributed by atoms with E-state index in [0.717, 1.165) is 12.8 Å². The summed E-state index contributed by atoms with van der Waals surface area (Å²) >= 11 is 0. The first kappa shape index (κ1) is 11.6. The summed E-state index contributed by atoms with van der Waals surface area (Å²) < 4.78 is 6.08. The van der Waals surface area contributed by atoms with Crippen LogP contribution in [0.2, 0.25) is 0 Å². The molecule has 1 fully saturated rings. The molecule has 0 aliphatic heterocycles. The second-order valence-electron chi connectivity index (χ2n) is 4.72. The summed E-state index contributed by atoms with van der Waals surface area (Å²) in [7, 11) is 0. The van der Waals surface area contributed by atoms with Crippen LogP contribution in [0.25, 0.3) is 0 Å². The van der Waals surface area contributed by atoms with Crippen molar-refractivity contribution >= 4 is 0 Å². The van der Waals surface area contributed by atoms with Crippen LogP contribution in [0.1, 0.15) is 37.7 Å². The van der Waals surface area contributed by atoms with Crippen molar-refractivity contribution in [2.45, 2.75) is 44.3 Å². The highest BCUT2D eigenvalue weighted by molar-refractivity contribution is 5.13. The Kier molecular flexibility index (Phi) is 3.97. The second-order valence-corrected chi connectivity index (χ2v) is 4.72. The van der Waals surface area contributed by atoms with Crippen LogP contribution in [0.4, 0.5) is 0 Å². The first-order chi connectivity index (χ1) is 7.85. The second kappa shape index (κ2) is 5.46. The predicted octanol–water partition coefficient (Wildman–Crippen LogP) is 2.86. The van der Waals surface area contributed by atoms with Gasteiger partial charge in [0.25, 0.3) is 0 Å². The lowest BCUT2D eigenvalue weighted by atomic mass is 9.84. The minimum Gasteiger partial charge on any atom is -0.369 e. The average molecular weight is 219 g/mol. The molecular formula is C14H21NO. The van der Waals surface area contributed by atoms with Crippen LogP contribution >= 0.6 is 0 Å². The summed E-state index contributed by atoms with van der Waals surface area (Å²) in [5.74, 6) is 0. The Bertz CT molecular complexity index is 304. The summed E-state index contributed by atoms with van der Waals surface area (Å²) in [5.41, 5.74) is 7.07. The standard InChI is InChI=1S/C14H21NO/c15-12-14(9-5-2-6-10-14)16-11-13-7-3-1-4-8-13/h1,3-4,7-8H,2,5-6,9-12,15H2. The van der Waals surface area contributed by atoms with Gasteiger partial charge in [-0.15, -0.1) is 0 Å². The molecule has 0 aromatic heterocycles. The summed E-state index contributed by atoms with van der Waals surface area (Å²) in [6.45, 7) is 1.35. The zero-order chi connectivity index (χ0) is 11.3. The van der Waals surface area contributed by atoms with E-state index in [1.54, 1.807) is 0 Å². The molecule has 2 rings (SSSR count). The molecule has 0 heterocycles. The van der Waals surface area contributed by atoms with E-state index in [4.69, 9.17) is 10.5 Å². The highest BCUT2D eigenvalue weighted by Crippen LogP contribution is 2.31. The van der Waals surface area contributed by atoms with Crippen LogP contribution in [-0.2, 0) is 11.3 Å². The van der Waals surface area contributed by atoms with Crippen LogP contribution in [-0.4, -0.2) is 12.1 Å². The molecule has 1 aromatic carbocycles. The zero-order valence-electron chi connectivity index (χ0n) is 9.82. The van der Waals surface area contributed by atoms with Gasteiger partial charge < -0.3 is 10.5 Å². The van der Waals surface area contributed by atoms with Crippen molar-refractivity contribution in [2.75, 3.05) is 6.54 Å². The topological polar surface area (TPSA) is 35.2 Å². The number of rotatable bonds is 4. The van der Waals surface area contributed by atoms with Crippen molar-refractivity contribution in [3.05, 3.63) is 35.9 Å². The smallest absolute Gasteiger partial charge is 0.0808 e. The minimum absolute atomic E-state index is 0.0475. The quantitative estimate of drug-likeness (QED) is 0.845. The van der Waals surface area contributed by atoms with Crippen molar-refractivity contribution in [2.24, 2.45) is 5.73 Å². The largest absolute Gasteiger partial charge is 0.369 e. The monoisotopic (exact) mass is 219 g/mol. The number of nitrogens with two attached hydrogens (primary N) is 1. The highest BCUT2D eigenvalue weighted by Gasteiger charge is 2.31. The van der Waals surface area contributed by atoms with E-state index in [9.17, 15) is 0 Å². The van der Waals surface area contributed by atoms with Gasteiger partial charge in [-0.3, -0.25) is 0 Å². The fourth-order valence-electron chi connectivity index (χ4n) is 2.41. The Labute approximate surface area is 97.8 Å². The van der Waals surface area contributed by atoms with E-state index in [0.29, 0.717) is 13.2 Å². The molecule has 0 atom stereocenters. The first-order valence-corrected chi connectivity index (χ1v) is 6.23. The Morgan fingerprint density at radius 3 is 2.38 bits per heavy atom. The molecule has 2 N–H and O–H groups in total. The number of hydrogen-bond acceptors (Lipinski definition) is 2. The molecule has 16 heavy (non-hydrogen) atoms. The Morgan fingerprint density at radius 1 is 1.06 bits per heavy atom. The third-order valence-corrected chi connectivity index (χ3v) is 3.52. The highest BCUT2D eigenvalue weighted by atomic mass is 16.5. The zero-order valence-corrected chi connectivity index (χ0v) is 9.82. The van der Waals surface area contributed by atoms with Crippen molar-refractivity contribution in [3.63, 3.8) is 0 Å². The van der Waals surface area contributed by atoms with Crippen molar-refractivity contribution < 1.29 is 4.74 Å². The number of hydrogen-bond donors (Lipinski definition) is 1. The van der Waals surface area contributed by atoms with E-state index in [1.165, 1.54) is 24.8 Å². The van der Waals surface area contributed by atoms with E-state index in [1.807, 2.05) is 6.07 Å². The summed E-state index contributed by atoms with van der Waals surface area (Å²) in [6, 6.07) is 10.3. The van der Waals surface area contributed by atoms with E-state index < -0.39 is 0 Å². The Balaban J connectivity index is 1.92. The van der Waals surface area contributed by atoms with Crippen LogP contribution in [0.15, 0.2) is 30.3 Å². The lowest BCUT2D eigenvalue weighted by molar-refractivity contribution is -0.0733. The van der Waals surface area contributed by atoms with Gasteiger partial charge in [0, 0.05) is 6.54 Å². The number of benzene rings is 1. The summed E-state index contributed by atoms with van der Waals surface area (Å²) in [4.78, 5) is 0. The van der Waals surface area contributed by atoms with Gasteiger partial charge in [-0.25, -0.2) is 0 Å².